The Labute approximate surface area is 91.7 Å². The molecule has 1 unspecified atom stereocenters. The molecule has 0 saturated heterocycles. The lowest BCUT2D eigenvalue weighted by molar-refractivity contribution is -0.156. The molecule has 1 atom stereocenters. The Morgan fingerprint density at radius 3 is 1.87 bits per heavy atom. The Hall–Kier alpha value is -0.610. The van der Waals surface area contributed by atoms with Crippen molar-refractivity contribution < 1.29 is 15.0 Å². The summed E-state index contributed by atoms with van der Waals surface area (Å²) in [6.45, 7) is 7.59. The summed E-state index contributed by atoms with van der Waals surface area (Å²) in [6, 6.07) is 0. The normalized spacial score (nSPS) is 16.1. The van der Waals surface area contributed by atoms with Crippen LogP contribution in [0.5, 0.6) is 0 Å². The first-order valence-electron chi connectivity index (χ1n) is 5.54. The third-order valence-corrected chi connectivity index (χ3v) is 3.30. The molecular formula is C11H23NO3. The van der Waals surface area contributed by atoms with E-state index in [1.165, 1.54) is 6.92 Å². The lowest BCUT2D eigenvalue weighted by atomic mass is 9.89. The van der Waals surface area contributed by atoms with Crippen LogP contribution < -0.4 is 5.32 Å². The van der Waals surface area contributed by atoms with Crippen LogP contribution in [-0.2, 0) is 4.79 Å². The lowest BCUT2D eigenvalue weighted by Crippen LogP contribution is -2.53. The van der Waals surface area contributed by atoms with Gasteiger partial charge in [0.05, 0.1) is 0 Å². The summed E-state index contributed by atoms with van der Waals surface area (Å²) < 4.78 is 0. The number of aliphatic carboxylic acids is 1. The van der Waals surface area contributed by atoms with E-state index in [2.05, 4.69) is 26.1 Å². The maximum absolute atomic E-state index is 10.7. The van der Waals surface area contributed by atoms with E-state index in [0.717, 1.165) is 19.3 Å². The van der Waals surface area contributed by atoms with Crippen molar-refractivity contribution in [1.82, 2.24) is 5.32 Å². The van der Waals surface area contributed by atoms with Gasteiger partial charge in [0.2, 0.25) is 0 Å². The van der Waals surface area contributed by atoms with Crippen molar-refractivity contribution in [3.05, 3.63) is 0 Å². The molecule has 15 heavy (non-hydrogen) atoms. The monoisotopic (exact) mass is 217 g/mol. The first-order valence-corrected chi connectivity index (χ1v) is 5.54. The SMILES string of the molecule is CCC(CC)(CC)NCC(C)(O)C(=O)O. The smallest absolute Gasteiger partial charge is 0.336 e. The second-order valence-corrected chi connectivity index (χ2v) is 4.27. The number of β-amino-alcohol motifs (C(OH)–C–C–N with tert-alkyl or cyclic N) is 1. The number of carboxylic acid groups (broad SMARTS) is 1. The van der Waals surface area contributed by atoms with Gasteiger partial charge >= 0.3 is 5.97 Å². The van der Waals surface area contributed by atoms with E-state index in [-0.39, 0.29) is 12.1 Å². The van der Waals surface area contributed by atoms with E-state index in [9.17, 15) is 9.90 Å². The van der Waals surface area contributed by atoms with E-state index >= 15 is 0 Å². The number of rotatable bonds is 7. The molecule has 90 valence electrons. The number of aliphatic hydroxyl groups is 1. The fourth-order valence-corrected chi connectivity index (χ4v) is 1.56. The Morgan fingerprint density at radius 1 is 1.20 bits per heavy atom. The summed E-state index contributed by atoms with van der Waals surface area (Å²) in [4.78, 5) is 10.7. The third kappa shape index (κ3) is 3.80. The highest BCUT2D eigenvalue weighted by Crippen LogP contribution is 2.20. The summed E-state index contributed by atoms with van der Waals surface area (Å²) in [7, 11) is 0. The maximum atomic E-state index is 10.7. The predicted octanol–water partition coefficient (Wildman–Crippen LogP) is 1.38. The van der Waals surface area contributed by atoms with Crippen LogP contribution in [0.3, 0.4) is 0 Å². The predicted molar refractivity (Wildman–Crippen MR) is 59.9 cm³/mol. The van der Waals surface area contributed by atoms with Crippen molar-refractivity contribution in [2.45, 2.75) is 58.1 Å². The van der Waals surface area contributed by atoms with E-state index in [0.29, 0.717) is 0 Å². The molecule has 0 aromatic heterocycles. The molecule has 0 spiro atoms. The van der Waals surface area contributed by atoms with Gasteiger partial charge < -0.3 is 15.5 Å². The molecule has 0 amide bonds. The Balaban J connectivity index is 4.40. The summed E-state index contributed by atoms with van der Waals surface area (Å²) in [5.41, 5.74) is -1.75. The zero-order valence-electron chi connectivity index (χ0n) is 10.1. The zero-order valence-corrected chi connectivity index (χ0v) is 10.1. The minimum Gasteiger partial charge on any atom is -0.479 e. The number of carboxylic acids is 1. The molecule has 0 fully saturated rings. The molecule has 0 aliphatic carbocycles. The first kappa shape index (κ1) is 14.4. The second kappa shape index (κ2) is 5.47. The highest BCUT2D eigenvalue weighted by atomic mass is 16.4. The summed E-state index contributed by atoms with van der Waals surface area (Å²) in [5.74, 6) is -1.19. The minimum absolute atomic E-state index is 0.0561. The van der Waals surface area contributed by atoms with Gasteiger partial charge in [-0.25, -0.2) is 4.79 Å². The Kier molecular flexibility index (Phi) is 5.24. The molecule has 0 aromatic carbocycles. The van der Waals surface area contributed by atoms with E-state index < -0.39 is 11.6 Å². The largest absolute Gasteiger partial charge is 0.479 e. The van der Waals surface area contributed by atoms with E-state index in [1.807, 2.05) is 0 Å². The zero-order chi connectivity index (χ0) is 12.1. The van der Waals surface area contributed by atoms with Crippen LogP contribution in [0.2, 0.25) is 0 Å². The molecule has 0 bridgehead atoms. The van der Waals surface area contributed by atoms with E-state index in [1.54, 1.807) is 0 Å². The molecule has 0 aromatic rings. The van der Waals surface area contributed by atoms with Crippen LogP contribution in [0.15, 0.2) is 0 Å². The van der Waals surface area contributed by atoms with Crippen LogP contribution in [0.1, 0.15) is 47.0 Å². The fraction of sp³-hybridized carbons (Fsp3) is 0.909. The maximum Gasteiger partial charge on any atom is 0.336 e. The van der Waals surface area contributed by atoms with Gasteiger partial charge in [-0.1, -0.05) is 20.8 Å². The molecule has 3 N–H and O–H groups in total. The third-order valence-electron chi connectivity index (χ3n) is 3.30. The number of hydrogen-bond acceptors (Lipinski definition) is 3. The second-order valence-electron chi connectivity index (χ2n) is 4.27. The molecular weight excluding hydrogens is 194 g/mol. The number of nitrogens with one attached hydrogen (secondary N) is 1. The molecule has 0 aliphatic heterocycles. The van der Waals surface area contributed by atoms with Crippen molar-refractivity contribution in [2.24, 2.45) is 0 Å². The molecule has 4 heteroatoms. The van der Waals surface area contributed by atoms with Crippen LogP contribution in [0, 0.1) is 0 Å². The highest BCUT2D eigenvalue weighted by molar-refractivity contribution is 5.76. The summed E-state index contributed by atoms with van der Waals surface area (Å²) in [6.07, 6.45) is 2.78. The molecule has 4 nitrogen and oxygen atoms in total. The molecule has 0 saturated carbocycles. The van der Waals surface area contributed by atoms with Gasteiger partial charge in [0.1, 0.15) is 0 Å². The van der Waals surface area contributed by atoms with Gasteiger partial charge in [-0.05, 0) is 26.2 Å². The molecule has 0 rings (SSSR count). The van der Waals surface area contributed by atoms with Gasteiger partial charge in [0, 0.05) is 12.1 Å². The lowest BCUT2D eigenvalue weighted by Gasteiger charge is -2.34. The Bertz CT molecular complexity index is 202. The average Bonchev–Trinajstić information content (AvgIpc) is 2.20. The minimum atomic E-state index is -1.69. The van der Waals surface area contributed by atoms with Crippen molar-refractivity contribution in [3.63, 3.8) is 0 Å². The quantitative estimate of drug-likeness (QED) is 0.602. The van der Waals surface area contributed by atoms with Crippen molar-refractivity contribution in [3.8, 4) is 0 Å². The van der Waals surface area contributed by atoms with Crippen molar-refractivity contribution in [2.75, 3.05) is 6.54 Å². The molecule has 0 heterocycles. The van der Waals surface area contributed by atoms with Crippen LogP contribution >= 0.6 is 0 Å². The highest BCUT2D eigenvalue weighted by Gasteiger charge is 2.33. The fourth-order valence-electron chi connectivity index (χ4n) is 1.56. The topological polar surface area (TPSA) is 69.6 Å². The Morgan fingerprint density at radius 2 is 1.60 bits per heavy atom. The van der Waals surface area contributed by atoms with Crippen LogP contribution in [0.4, 0.5) is 0 Å². The standard InChI is InChI=1S/C11H23NO3/c1-5-11(6-2,7-3)12-8-10(4,15)9(13)14/h12,15H,5-8H2,1-4H3,(H,13,14). The van der Waals surface area contributed by atoms with Gasteiger partial charge in [-0.2, -0.15) is 0 Å². The molecule has 0 aliphatic rings. The van der Waals surface area contributed by atoms with Gasteiger partial charge in [0.15, 0.2) is 5.60 Å². The summed E-state index contributed by atoms with van der Waals surface area (Å²) in [5, 5.41) is 21.5. The molecule has 0 radical (unpaired) electrons. The van der Waals surface area contributed by atoms with Gasteiger partial charge in [0.25, 0.3) is 0 Å². The summed E-state index contributed by atoms with van der Waals surface area (Å²) >= 11 is 0. The van der Waals surface area contributed by atoms with Crippen LogP contribution in [-0.4, -0.2) is 33.9 Å². The number of carbonyl (C=O) groups is 1. The number of hydrogen-bond donors (Lipinski definition) is 3. The van der Waals surface area contributed by atoms with Crippen molar-refractivity contribution >= 4 is 5.97 Å². The van der Waals surface area contributed by atoms with Gasteiger partial charge in [-0.3, -0.25) is 0 Å². The van der Waals surface area contributed by atoms with Crippen LogP contribution in [0.25, 0.3) is 0 Å². The van der Waals surface area contributed by atoms with Gasteiger partial charge in [-0.15, -0.1) is 0 Å². The van der Waals surface area contributed by atoms with E-state index in [4.69, 9.17) is 5.11 Å². The first-order chi connectivity index (χ1) is 6.83. The van der Waals surface area contributed by atoms with Crippen molar-refractivity contribution in [1.29, 1.82) is 0 Å². The average molecular weight is 217 g/mol.